The van der Waals surface area contributed by atoms with Crippen LogP contribution in [-0.2, 0) is 12.2 Å². The van der Waals surface area contributed by atoms with Gasteiger partial charge in [-0.3, -0.25) is 4.79 Å². The molecule has 1 N–H and O–H groups in total. The van der Waals surface area contributed by atoms with E-state index in [1.807, 2.05) is 37.3 Å². The molecule has 4 heteroatoms. The third kappa shape index (κ3) is 3.00. The van der Waals surface area contributed by atoms with E-state index in [0.717, 1.165) is 33.5 Å². The Kier molecular flexibility index (Phi) is 4.06. The molecule has 0 saturated heterocycles. The van der Waals surface area contributed by atoms with Gasteiger partial charge in [-0.15, -0.1) is 11.8 Å². The number of hydrogen-bond donors (Lipinski definition) is 1. The Balaban J connectivity index is 1.91. The third-order valence-corrected chi connectivity index (χ3v) is 4.49. The summed E-state index contributed by atoms with van der Waals surface area (Å²) in [6, 6.07) is 16.4. The van der Waals surface area contributed by atoms with E-state index in [9.17, 15) is 4.79 Å². The Morgan fingerprint density at radius 3 is 2.67 bits per heavy atom. The maximum Gasteiger partial charge on any atom is 0.272 e. The van der Waals surface area contributed by atoms with Crippen LogP contribution < -0.4 is 5.56 Å². The van der Waals surface area contributed by atoms with E-state index in [1.165, 1.54) is 5.56 Å². The number of aromatic nitrogens is 2. The van der Waals surface area contributed by atoms with Crippen molar-refractivity contribution in [3.8, 4) is 0 Å². The van der Waals surface area contributed by atoms with E-state index in [-0.39, 0.29) is 5.56 Å². The molecule has 1 aromatic heterocycles. The first kappa shape index (κ1) is 13.9. The van der Waals surface area contributed by atoms with Gasteiger partial charge in [0.05, 0.1) is 11.1 Å². The first-order chi connectivity index (χ1) is 10.3. The van der Waals surface area contributed by atoms with Gasteiger partial charge >= 0.3 is 0 Å². The van der Waals surface area contributed by atoms with Crippen molar-refractivity contribution in [2.75, 3.05) is 0 Å². The van der Waals surface area contributed by atoms with Gasteiger partial charge in [0.2, 0.25) is 0 Å². The number of benzene rings is 2. The summed E-state index contributed by atoms with van der Waals surface area (Å²) >= 11 is 1.74. The summed E-state index contributed by atoms with van der Waals surface area (Å²) in [7, 11) is 0. The third-order valence-electron chi connectivity index (χ3n) is 3.42. The molecule has 3 rings (SSSR count). The molecule has 0 aliphatic heterocycles. The van der Waals surface area contributed by atoms with Crippen molar-refractivity contribution in [3.05, 3.63) is 70.1 Å². The van der Waals surface area contributed by atoms with Crippen molar-refractivity contribution in [2.45, 2.75) is 24.0 Å². The second-order valence-corrected chi connectivity index (χ2v) is 5.88. The molecule has 1 heterocycles. The molecule has 0 aliphatic rings. The Bertz CT molecular complexity index is 812. The average Bonchev–Trinajstić information content (AvgIpc) is 2.54. The minimum absolute atomic E-state index is 0.121. The summed E-state index contributed by atoms with van der Waals surface area (Å²) in [5.41, 5.74) is 2.09. The predicted molar refractivity (Wildman–Crippen MR) is 87.7 cm³/mol. The molecule has 3 aromatic rings. The van der Waals surface area contributed by atoms with Crippen LogP contribution >= 0.6 is 11.8 Å². The van der Waals surface area contributed by atoms with Gasteiger partial charge in [-0.05, 0) is 24.1 Å². The van der Waals surface area contributed by atoms with Crippen LogP contribution in [0.25, 0.3) is 10.8 Å². The van der Waals surface area contributed by atoms with Crippen LogP contribution in [0.15, 0.2) is 58.2 Å². The van der Waals surface area contributed by atoms with Crippen molar-refractivity contribution in [1.29, 1.82) is 0 Å². The maximum absolute atomic E-state index is 11.9. The van der Waals surface area contributed by atoms with Crippen LogP contribution in [0, 0.1) is 0 Å². The normalized spacial score (nSPS) is 10.9. The molecular formula is C17H16N2OS. The number of H-pyrrole nitrogens is 1. The smallest absolute Gasteiger partial charge is 0.267 e. The molecule has 0 atom stereocenters. The maximum atomic E-state index is 11.9. The lowest BCUT2D eigenvalue weighted by Crippen LogP contribution is -2.10. The van der Waals surface area contributed by atoms with E-state index in [2.05, 4.69) is 28.4 Å². The molecule has 0 unspecified atom stereocenters. The van der Waals surface area contributed by atoms with E-state index >= 15 is 0 Å². The Morgan fingerprint density at radius 2 is 1.90 bits per heavy atom. The minimum Gasteiger partial charge on any atom is -0.267 e. The lowest BCUT2D eigenvalue weighted by atomic mass is 10.1. The molecule has 21 heavy (non-hydrogen) atoms. The molecule has 0 radical (unpaired) electrons. The van der Waals surface area contributed by atoms with E-state index < -0.39 is 0 Å². The zero-order valence-electron chi connectivity index (χ0n) is 11.8. The fraction of sp³-hybridized carbons (Fsp3) is 0.176. The predicted octanol–water partition coefficient (Wildman–Crippen LogP) is 3.78. The van der Waals surface area contributed by atoms with Gasteiger partial charge in [-0.2, -0.15) is 5.10 Å². The highest BCUT2D eigenvalue weighted by Crippen LogP contribution is 2.26. The van der Waals surface area contributed by atoms with Gasteiger partial charge < -0.3 is 0 Å². The van der Waals surface area contributed by atoms with E-state index in [4.69, 9.17) is 0 Å². The number of rotatable bonds is 4. The van der Waals surface area contributed by atoms with Crippen LogP contribution in [0.2, 0.25) is 0 Å². The lowest BCUT2D eigenvalue weighted by molar-refractivity contribution is 0.918. The molecule has 3 nitrogen and oxygen atoms in total. The number of nitrogens with zero attached hydrogens (tertiary/aromatic N) is 1. The first-order valence-corrected chi connectivity index (χ1v) is 7.94. The van der Waals surface area contributed by atoms with Crippen molar-refractivity contribution in [1.82, 2.24) is 10.2 Å². The summed E-state index contributed by atoms with van der Waals surface area (Å²) < 4.78 is 0. The van der Waals surface area contributed by atoms with Crippen molar-refractivity contribution < 1.29 is 0 Å². The average molecular weight is 296 g/mol. The highest BCUT2D eigenvalue weighted by Gasteiger charge is 2.06. The summed E-state index contributed by atoms with van der Waals surface area (Å²) in [5, 5.41) is 8.36. The monoisotopic (exact) mass is 296 g/mol. The van der Waals surface area contributed by atoms with Crippen LogP contribution in [0.1, 0.15) is 18.2 Å². The van der Waals surface area contributed by atoms with E-state index in [1.54, 1.807) is 11.8 Å². The van der Waals surface area contributed by atoms with Crippen LogP contribution in [0.3, 0.4) is 0 Å². The minimum atomic E-state index is -0.121. The molecular weight excluding hydrogens is 280 g/mol. The van der Waals surface area contributed by atoms with Gasteiger partial charge in [0, 0.05) is 16.0 Å². The topological polar surface area (TPSA) is 45.8 Å². The summed E-state index contributed by atoms with van der Waals surface area (Å²) in [4.78, 5) is 13.0. The summed E-state index contributed by atoms with van der Waals surface area (Å²) in [6.07, 6.45) is 0.809. The number of nitrogens with one attached hydrogen (secondary N) is 1. The van der Waals surface area contributed by atoms with Crippen LogP contribution in [0.5, 0.6) is 0 Å². The van der Waals surface area contributed by atoms with Crippen LogP contribution in [-0.4, -0.2) is 10.2 Å². The Hall–Kier alpha value is -2.07. The molecule has 0 bridgehead atoms. The summed E-state index contributed by atoms with van der Waals surface area (Å²) in [6.45, 7) is 2.04. The second-order valence-electron chi connectivity index (χ2n) is 4.83. The number of fused-ring (bicyclic) bond motifs is 1. The standard InChI is InChI=1S/C17H16N2OS/c1-2-16-14-9-8-13(10-15(14)17(20)19-18-16)21-11-12-6-4-3-5-7-12/h3-10H,2,11H2,1H3,(H,19,20). The highest BCUT2D eigenvalue weighted by atomic mass is 32.2. The molecule has 0 aliphatic carbocycles. The van der Waals surface area contributed by atoms with E-state index in [0.29, 0.717) is 0 Å². The fourth-order valence-electron chi connectivity index (χ4n) is 2.30. The van der Waals surface area contributed by atoms with Crippen molar-refractivity contribution >= 4 is 22.5 Å². The quantitative estimate of drug-likeness (QED) is 0.745. The number of thioether (sulfide) groups is 1. The second kappa shape index (κ2) is 6.14. The zero-order valence-corrected chi connectivity index (χ0v) is 12.6. The molecule has 0 fully saturated rings. The highest BCUT2D eigenvalue weighted by molar-refractivity contribution is 7.98. The molecule has 106 valence electrons. The van der Waals surface area contributed by atoms with Gasteiger partial charge in [-0.1, -0.05) is 43.3 Å². The van der Waals surface area contributed by atoms with Gasteiger partial charge in [0.15, 0.2) is 0 Å². The largest absolute Gasteiger partial charge is 0.272 e. The van der Waals surface area contributed by atoms with Gasteiger partial charge in [0.1, 0.15) is 0 Å². The summed E-state index contributed by atoms with van der Waals surface area (Å²) in [5.74, 6) is 0.899. The molecule has 2 aromatic carbocycles. The lowest BCUT2D eigenvalue weighted by Gasteiger charge is -2.06. The Labute approximate surface area is 127 Å². The number of aryl methyl sites for hydroxylation is 1. The fourth-order valence-corrected chi connectivity index (χ4v) is 3.19. The van der Waals surface area contributed by atoms with Crippen molar-refractivity contribution in [3.63, 3.8) is 0 Å². The first-order valence-electron chi connectivity index (χ1n) is 6.96. The Morgan fingerprint density at radius 1 is 1.10 bits per heavy atom. The molecule has 0 amide bonds. The van der Waals surface area contributed by atoms with Crippen LogP contribution in [0.4, 0.5) is 0 Å². The van der Waals surface area contributed by atoms with Crippen molar-refractivity contribution in [2.24, 2.45) is 0 Å². The van der Waals surface area contributed by atoms with Gasteiger partial charge in [0.25, 0.3) is 5.56 Å². The number of aromatic amines is 1. The SMILES string of the molecule is CCc1n[nH]c(=O)c2cc(SCc3ccccc3)ccc12. The number of hydrogen-bond acceptors (Lipinski definition) is 3. The zero-order chi connectivity index (χ0) is 14.7. The molecule has 0 saturated carbocycles. The molecule has 0 spiro atoms. The van der Waals surface area contributed by atoms with Gasteiger partial charge in [-0.25, -0.2) is 5.10 Å².